The second kappa shape index (κ2) is 11.5. The molecule has 1 amide bonds. The van der Waals surface area contributed by atoms with Crippen LogP contribution < -0.4 is 10.2 Å². The molecule has 2 aromatic heterocycles. The van der Waals surface area contributed by atoms with E-state index in [2.05, 4.69) is 44.0 Å². The number of ether oxygens (including phenoxy) is 1. The zero-order valence-electron chi connectivity index (χ0n) is 25.0. The third-order valence-electron chi connectivity index (χ3n) is 8.29. The quantitative estimate of drug-likeness (QED) is 0.458. The molecule has 2 aromatic rings. The number of esters is 1. The fourth-order valence-corrected chi connectivity index (χ4v) is 6.13. The number of aryl methyl sites for hydroxylation is 3. The van der Waals surface area contributed by atoms with Gasteiger partial charge in [-0.2, -0.15) is 0 Å². The van der Waals surface area contributed by atoms with Gasteiger partial charge in [0, 0.05) is 26.2 Å². The van der Waals surface area contributed by atoms with Gasteiger partial charge in [0.15, 0.2) is 0 Å². The topological polar surface area (TPSA) is 87.7 Å². The second-order valence-corrected chi connectivity index (χ2v) is 12.2. The summed E-state index contributed by atoms with van der Waals surface area (Å²) in [4.78, 5) is 40.0. The van der Waals surface area contributed by atoms with Crippen molar-refractivity contribution in [3.63, 3.8) is 0 Å². The zero-order chi connectivity index (χ0) is 28.5. The number of nitrogens with one attached hydrogen (secondary N) is 1. The number of pyridine rings is 2. The molecule has 8 heteroatoms. The van der Waals surface area contributed by atoms with E-state index in [1.165, 1.54) is 32.8 Å². The van der Waals surface area contributed by atoms with Crippen molar-refractivity contribution in [2.24, 2.45) is 5.92 Å². The minimum atomic E-state index is -0.439. The second-order valence-electron chi connectivity index (χ2n) is 12.2. The maximum atomic E-state index is 14.0. The number of piperazine rings is 1. The van der Waals surface area contributed by atoms with Crippen LogP contribution in [-0.2, 0) is 4.74 Å². The van der Waals surface area contributed by atoms with E-state index in [4.69, 9.17) is 14.7 Å². The summed E-state index contributed by atoms with van der Waals surface area (Å²) in [7, 11) is 1.38. The van der Waals surface area contributed by atoms with Crippen LogP contribution in [0.25, 0.3) is 0 Å². The Morgan fingerprint density at radius 1 is 1.08 bits per heavy atom. The predicted octanol–water partition coefficient (Wildman–Crippen LogP) is 5.65. The Balaban J connectivity index is 1.54. The Kier molecular flexibility index (Phi) is 8.52. The molecule has 0 atom stereocenters. The van der Waals surface area contributed by atoms with Crippen LogP contribution in [0.3, 0.4) is 0 Å². The number of aromatic nitrogens is 2. The molecule has 0 unspecified atom stereocenters. The summed E-state index contributed by atoms with van der Waals surface area (Å²) in [6.45, 7) is 17.0. The fraction of sp³-hybridized carbons (Fsp3) is 0.613. The molecule has 39 heavy (non-hydrogen) atoms. The molecule has 0 spiro atoms. The molecule has 1 saturated carbocycles. The molecule has 1 aliphatic heterocycles. The van der Waals surface area contributed by atoms with Crippen molar-refractivity contribution >= 4 is 23.4 Å². The number of anilines is 2. The largest absolute Gasteiger partial charge is 0.465 e. The molecule has 2 aliphatic rings. The van der Waals surface area contributed by atoms with Crippen molar-refractivity contribution in [1.82, 2.24) is 14.9 Å². The first-order valence-corrected chi connectivity index (χ1v) is 14.3. The minimum Gasteiger partial charge on any atom is -0.465 e. The Morgan fingerprint density at radius 2 is 1.77 bits per heavy atom. The Hall–Kier alpha value is -3.16. The van der Waals surface area contributed by atoms with E-state index in [0.717, 1.165) is 40.8 Å². The molecule has 1 saturated heterocycles. The molecular weight excluding hydrogens is 490 g/mol. The van der Waals surface area contributed by atoms with Crippen molar-refractivity contribution < 1.29 is 14.3 Å². The van der Waals surface area contributed by atoms with Crippen molar-refractivity contribution in [2.45, 2.75) is 85.6 Å². The predicted molar refractivity (Wildman–Crippen MR) is 156 cm³/mol. The minimum absolute atomic E-state index is 0.0252. The highest BCUT2D eigenvalue weighted by atomic mass is 16.5. The molecule has 2 fully saturated rings. The summed E-state index contributed by atoms with van der Waals surface area (Å²) in [6.07, 6.45) is 5.23. The number of carbonyl (C=O) groups is 2. The lowest BCUT2D eigenvalue weighted by molar-refractivity contribution is 0.0505. The summed E-state index contributed by atoms with van der Waals surface area (Å²) in [6, 6.07) is 4.05. The molecule has 212 valence electrons. The maximum absolute atomic E-state index is 14.0. The van der Waals surface area contributed by atoms with Crippen LogP contribution in [0.1, 0.15) is 103 Å². The van der Waals surface area contributed by atoms with Gasteiger partial charge in [0.05, 0.1) is 35.3 Å². The highest BCUT2D eigenvalue weighted by molar-refractivity contribution is 5.95. The van der Waals surface area contributed by atoms with Crippen LogP contribution in [0.15, 0.2) is 12.1 Å². The van der Waals surface area contributed by atoms with E-state index in [1.54, 1.807) is 0 Å². The average molecular weight is 536 g/mol. The normalized spacial score (nSPS) is 17.6. The van der Waals surface area contributed by atoms with Gasteiger partial charge in [-0.3, -0.25) is 4.79 Å². The number of nitrogens with zero attached hydrogens (tertiary/aromatic N) is 4. The first-order valence-electron chi connectivity index (χ1n) is 14.3. The van der Waals surface area contributed by atoms with Crippen molar-refractivity contribution in [3.05, 3.63) is 45.9 Å². The Bertz CT molecular complexity index is 1210. The van der Waals surface area contributed by atoms with Crippen LogP contribution in [0.2, 0.25) is 0 Å². The van der Waals surface area contributed by atoms with Crippen LogP contribution >= 0.6 is 0 Å². The van der Waals surface area contributed by atoms with Gasteiger partial charge in [-0.25, -0.2) is 14.8 Å². The van der Waals surface area contributed by atoms with E-state index in [-0.39, 0.29) is 17.8 Å². The average Bonchev–Trinajstić information content (AvgIpc) is 3.39. The number of carbonyl (C=O) groups excluding carboxylic acids is 2. The van der Waals surface area contributed by atoms with Gasteiger partial charge >= 0.3 is 5.97 Å². The summed E-state index contributed by atoms with van der Waals surface area (Å²) in [5.41, 5.74) is 5.02. The molecule has 0 radical (unpaired) electrons. The van der Waals surface area contributed by atoms with Gasteiger partial charge in [-0.15, -0.1) is 0 Å². The van der Waals surface area contributed by atoms with E-state index >= 15 is 0 Å². The monoisotopic (exact) mass is 535 g/mol. The smallest absolute Gasteiger partial charge is 0.339 e. The molecule has 0 aromatic carbocycles. The number of rotatable bonds is 7. The molecular formula is C31H45N5O3. The van der Waals surface area contributed by atoms with Gasteiger partial charge in [0.1, 0.15) is 11.5 Å². The summed E-state index contributed by atoms with van der Waals surface area (Å²) in [5, 5.41) is 3.66. The van der Waals surface area contributed by atoms with E-state index in [0.29, 0.717) is 36.6 Å². The van der Waals surface area contributed by atoms with Crippen LogP contribution in [0.4, 0.5) is 11.5 Å². The maximum Gasteiger partial charge on any atom is 0.339 e. The SMILES string of the molecule is COC(=O)c1c(C)cc(N2CCN(C(=O)c3nc(C(C)C)c(NCC4CCCC4)cc3C)C(C)(C)C2)nc1C. The summed E-state index contributed by atoms with van der Waals surface area (Å²) in [5.74, 6) is 1.35. The van der Waals surface area contributed by atoms with E-state index < -0.39 is 5.54 Å². The van der Waals surface area contributed by atoms with Gasteiger partial charge in [-0.1, -0.05) is 26.7 Å². The highest BCUT2D eigenvalue weighted by Gasteiger charge is 2.39. The molecule has 8 nitrogen and oxygen atoms in total. The third kappa shape index (κ3) is 6.04. The number of hydrogen-bond acceptors (Lipinski definition) is 7. The lowest BCUT2D eigenvalue weighted by Crippen LogP contribution is -2.61. The Labute approximate surface area is 233 Å². The third-order valence-corrected chi connectivity index (χ3v) is 8.29. The van der Waals surface area contributed by atoms with Crippen molar-refractivity contribution in [1.29, 1.82) is 0 Å². The standard InChI is InChI=1S/C31H45N5O3/c1-19(2)27-24(32-17-23-11-9-10-12-23)15-21(4)28(34-27)29(37)36-14-13-35(18-31(36,6)7)25-16-20(3)26(22(5)33-25)30(38)39-8/h15-16,19,23,32H,9-14,17-18H2,1-8H3. The van der Waals surface area contributed by atoms with Gasteiger partial charge in [0.2, 0.25) is 0 Å². The number of methoxy groups -OCH3 is 1. The van der Waals surface area contributed by atoms with Gasteiger partial charge in [0.25, 0.3) is 5.91 Å². The van der Waals surface area contributed by atoms with E-state index in [9.17, 15) is 9.59 Å². The lowest BCUT2D eigenvalue weighted by atomic mass is 9.96. The van der Waals surface area contributed by atoms with E-state index in [1.807, 2.05) is 31.7 Å². The van der Waals surface area contributed by atoms with Crippen LogP contribution in [0.5, 0.6) is 0 Å². The van der Waals surface area contributed by atoms with Crippen LogP contribution in [-0.4, -0.2) is 65.6 Å². The zero-order valence-corrected chi connectivity index (χ0v) is 25.0. The molecule has 0 bridgehead atoms. The van der Waals surface area contributed by atoms with Gasteiger partial charge in [-0.05, 0) is 82.6 Å². The first-order chi connectivity index (χ1) is 18.4. The van der Waals surface area contributed by atoms with Crippen molar-refractivity contribution in [3.8, 4) is 0 Å². The molecule has 4 rings (SSSR count). The number of amides is 1. The summed E-state index contributed by atoms with van der Waals surface area (Å²) >= 11 is 0. The molecule has 1 aliphatic carbocycles. The van der Waals surface area contributed by atoms with Crippen LogP contribution in [0, 0.1) is 26.7 Å². The number of hydrogen-bond donors (Lipinski definition) is 1. The lowest BCUT2D eigenvalue weighted by Gasteiger charge is -2.47. The Morgan fingerprint density at radius 3 is 2.36 bits per heavy atom. The molecule has 1 N–H and O–H groups in total. The first kappa shape index (κ1) is 28.8. The van der Waals surface area contributed by atoms with Gasteiger partial charge < -0.3 is 19.9 Å². The fourth-order valence-electron chi connectivity index (χ4n) is 6.13. The highest BCUT2D eigenvalue weighted by Crippen LogP contribution is 2.32. The van der Waals surface area contributed by atoms with Crippen molar-refractivity contribution in [2.75, 3.05) is 43.5 Å². The summed E-state index contributed by atoms with van der Waals surface area (Å²) < 4.78 is 4.93. The molecule has 3 heterocycles.